The minimum absolute atomic E-state index is 0.0163. The van der Waals surface area contributed by atoms with E-state index in [0.29, 0.717) is 24.9 Å². The van der Waals surface area contributed by atoms with E-state index in [1.165, 1.54) is 7.11 Å². The van der Waals surface area contributed by atoms with Gasteiger partial charge in [-0.3, -0.25) is 4.79 Å². The number of anilines is 2. The fourth-order valence-corrected chi connectivity index (χ4v) is 1.32. The van der Waals surface area contributed by atoms with Crippen molar-refractivity contribution in [2.24, 2.45) is 0 Å². The standard InChI is InChI=1S/C11H20N6O2/c1-7(2)14-8(18)5-6-13-10-15-9(12-3)16-11(17-10)19-4/h7H,5-6H2,1-4H3,(H,14,18)(H2,12,13,15,16,17). The van der Waals surface area contributed by atoms with Gasteiger partial charge in [0.2, 0.25) is 17.8 Å². The number of rotatable bonds is 7. The van der Waals surface area contributed by atoms with Crippen LogP contribution in [0.5, 0.6) is 6.01 Å². The first-order chi connectivity index (χ1) is 9.05. The van der Waals surface area contributed by atoms with Crippen molar-refractivity contribution in [3.05, 3.63) is 0 Å². The first-order valence-corrected chi connectivity index (χ1v) is 6.06. The molecule has 0 aliphatic rings. The number of hydrogen-bond donors (Lipinski definition) is 3. The van der Waals surface area contributed by atoms with Crippen LogP contribution in [0.2, 0.25) is 0 Å². The lowest BCUT2D eigenvalue weighted by Crippen LogP contribution is -2.31. The van der Waals surface area contributed by atoms with Crippen LogP contribution in [0.15, 0.2) is 0 Å². The Bertz CT molecular complexity index is 401. The van der Waals surface area contributed by atoms with Gasteiger partial charge in [-0.15, -0.1) is 0 Å². The van der Waals surface area contributed by atoms with E-state index in [2.05, 4.69) is 30.9 Å². The molecule has 0 aromatic carbocycles. The highest BCUT2D eigenvalue weighted by molar-refractivity contribution is 5.76. The van der Waals surface area contributed by atoms with Crippen molar-refractivity contribution in [1.82, 2.24) is 20.3 Å². The van der Waals surface area contributed by atoms with Gasteiger partial charge >= 0.3 is 6.01 Å². The van der Waals surface area contributed by atoms with E-state index in [1.807, 2.05) is 13.8 Å². The van der Waals surface area contributed by atoms with Crippen LogP contribution in [0.3, 0.4) is 0 Å². The van der Waals surface area contributed by atoms with E-state index in [9.17, 15) is 4.79 Å². The van der Waals surface area contributed by atoms with Crippen molar-refractivity contribution in [3.8, 4) is 6.01 Å². The molecule has 1 aromatic heterocycles. The van der Waals surface area contributed by atoms with Gasteiger partial charge in [0.1, 0.15) is 0 Å². The average molecular weight is 268 g/mol. The maximum absolute atomic E-state index is 11.4. The number of nitrogens with zero attached hydrogens (tertiary/aromatic N) is 3. The van der Waals surface area contributed by atoms with Crippen LogP contribution >= 0.6 is 0 Å². The molecule has 3 N–H and O–H groups in total. The topological polar surface area (TPSA) is 101 Å². The smallest absolute Gasteiger partial charge is 0.322 e. The Kier molecular flexibility index (Phi) is 5.77. The minimum Gasteiger partial charge on any atom is -0.467 e. The second-order valence-corrected chi connectivity index (χ2v) is 4.12. The van der Waals surface area contributed by atoms with Crippen molar-refractivity contribution in [2.45, 2.75) is 26.3 Å². The van der Waals surface area contributed by atoms with Gasteiger partial charge in [0.25, 0.3) is 0 Å². The zero-order chi connectivity index (χ0) is 14.3. The van der Waals surface area contributed by atoms with E-state index >= 15 is 0 Å². The molecule has 0 radical (unpaired) electrons. The molecule has 0 fully saturated rings. The summed E-state index contributed by atoms with van der Waals surface area (Å²) in [5.41, 5.74) is 0. The summed E-state index contributed by atoms with van der Waals surface area (Å²) in [7, 11) is 3.18. The maximum Gasteiger partial charge on any atom is 0.322 e. The van der Waals surface area contributed by atoms with Crippen molar-refractivity contribution >= 4 is 17.8 Å². The van der Waals surface area contributed by atoms with Crippen molar-refractivity contribution in [2.75, 3.05) is 31.3 Å². The summed E-state index contributed by atoms with van der Waals surface area (Å²) in [6.07, 6.45) is 0.348. The van der Waals surface area contributed by atoms with Crippen LogP contribution in [0.1, 0.15) is 20.3 Å². The lowest BCUT2D eigenvalue weighted by molar-refractivity contribution is -0.121. The molecular weight excluding hydrogens is 248 g/mol. The molecule has 8 nitrogen and oxygen atoms in total. The van der Waals surface area contributed by atoms with E-state index in [1.54, 1.807) is 7.05 Å². The molecule has 0 atom stereocenters. The number of hydrogen-bond acceptors (Lipinski definition) is 7. The number of carbonyl (C=O) groups excluding carboxylic acids is 1. The largest absolute Gasteiger partial charge is 0.467 e. The fourth-order valence-electron chi connectivity index (χ4n) is 1.32. The molecule has 8 heteroatoms. The summed E-state index contributed by atoms with van der Waals surface area (Å²) < 4.78 is 4.96. The van der Waals surface area contributed by atoms with Gasteiger partial charge in [0, 0.05) is 26.1 Å². The number of ether oxygens (including phenoxy) is 1. The van der Waals surface area contributed by atoms with Gasteiger partial charge in [-0.2, -0.15) is 15.0 Å². The zero-order valence-electron chi connectivity index (χ0n) is 11.6. The summed E-state index contributed by atoms with van der Waals surface area (Å²) in [5.74, 6) is 0.756. The number of carbonyl (C=O) groups is 1. The lowest BCUT2D eigenvalue weighted by Gasteiger charge is -2.09. The number of methoxy groups -OCH3 is 1. The summed E-state index contributed by atoms with van der Waals surface area (Å²) in [6.45, 7) is 4.28. The van der Waals surface area contributed by atoms with E-state index in [-0.39, 0.29) is 18.0 Å². The predicted molar refractivity (Wildman–Crippen MR) is 72.3 cm³/mol. The third kappa shape index (κ3) is 5.36. The van der Waals surface area contributed by atoms with Gasteiger partial charge in [-0.05, 0) is 13.8 Å². The summed E-state index contributed by atoms with van der Waals surface area (Å²) in [4.78, 5) is 23.6. The second-order valence-electron chi connectivity index (χ2n) is 4.12. The fraction of sp³-hybridized carbons (Fsp3) is 0.636. The van der Waals surface area contributed by atoms with Gasteiger partial charge in [0.05, 0.1) is 7.11 Å². The molecular formula is C11H20N6O2. The predicted octanol–water partition coefficient (Wildman–Crippen LogP) is 0.248. The quantitative estimate of drug-likeness (QED) is 0.651. The molecule has 0 aliphatic heterocycles. The Morgan fingerprint density at radius 2 is 1.95 bits per heavy atom. The average Bonchev–Trinajstić information content (AvgIpc) is 2.37. The maximum atomic E-state index is 11.4. The molecule has 1 amide bonds. The molecule has 0 saturated carbocycles. The van der Waals surface area contributed by atoms with Crippen LogP contribution in [0.4, 0.5) is 11.9 Å². The lowest BCUT2D eigenvalue weighted by atomic mass is 10.3. The van der Waals surface area contributed by atoms with Crippen molar-refractivity contribution in [3.63, 3.8) is 0 Å². The van der Waals surface area contributed by atoms with Gasteiger partial charge < -0.3 is 20.7 Å². The van der Waals surface area contributed by atoms with Crippen molar-refractivity contribution in [1.29, 1.82) is 0 Å². The molecule has 0 saturated heterocycles. The molecule has 19 heavy (non-hydrogen) atoms. The summed E-state index contributed by atoms with van der Waals surface area (Å²) in [6, 6.07) is 0.356. The van der Waals surface area contributed by atoms with Gasteiger partial charge in [-0.1, -0.05) is 0 Å². The Morgan fingerprint density at radius 3 is 2.53 bits per heavy atom. The SMILES string of the molecule is CNc1nc(NCCC(=O)NC(C)C)nc(OC)n1. The highest BCUT2D eigenvalue weighted by Crippen LogP contribution is 2.09. The molecule has 0 spiro atoms. The third-order valence-electron chi connectivity index (χ3n) is 2.11. The Morgan fingerprint density at radius 1 is 1.26 bits per heavy atom. The zero-order valence-corrected chi connectivity index (χ0v) is 11.6. The molecule has 0 unspecified atom stereocenters. The number of amides is 1. The van der Waals surface area contributed by atoms with Gasteiger partial charge in [-0.25, -0.2) is 0 Å². The Hall–Kier alpha value is -2.12. The minimum atomic E-state index is -0.0163. The van der Waals surface area contributed by atoms with Gasteiger partial charge in [0.15, 0.2) is 0 Å². The highest BCUT2D eigenvalue weighted by Gasteiger charge is 2.07. The second kappa shape index (κ2) is 7.34. The Labute approximate surface area is 112 Å². The van der Waals surface area contributed by atoms with Crippen LogP contribution in [0.25, 0.3) is 0 Å². The van der Waals surface area contributed by atoms with E-state index in [4.69, 9.17) is 4.74 Å². The molecule has 0 aliphatic carbocycles. The first kappa shape index (κ1) is 14.9. The summed E-state index contributed by atoms with van der Waals surface area (Å²) in [5, 5.41) is 8.57. The third-order valence-corrected chi connectivity index (χ3v) is 2.11. The van der Waals surface area contributed by atoms with E-state index < -0.39 is 0 Å². The van der Waals surface area contributed by atoms with E-state index in [0.717, 1.165) is 0 Å². The van der Waals surface area contributed by atoms with Crippen molar-refractivity contribution < 1.29 is 9.53 Å². The molecule has 106 valence electrons. The monoisotopic (exact) mass is 268 g/mol. The molecule has 1 rings (SSSR count). The van der Waals surface area contributed by atoms with Crippen LogP contribution < -0.4 is 20.7 Å². The van der Waals surface area contributed by atoms with Crippen LogP contribution in [-0.2, 0) is 4.79 Å². The highest BCUT2D eigenvalue weighted by atomic mass is 16.5. The van der Waals surface area contributed by atoms with Crippen LogP contribution in [0, 0.1) is 0 Å². The Balaban J connectivity index is 2.50. The molecule has 0 bridgehead atoms. The number of nitrogens with one attached hydrogen (secondary N) is 3. The normalized spacial score (nSPS) is 10.2. The van der Waals surface area contributed by atoms with Crippen LogP contribution in [-0.4, -0.2) is 47.6 Å². The summed E-state index contributed by atoms with van der Waals surface area (Å²) >= 11 is 0. The molecule has 1 aromatic rings. The molecule has 1 heterocycles. The first-order valence-electron chi connectivity index (χ1n) is 6.06. The number of aromatic nitrogens is 3.